The predicted octanol–water partition coefficient (Wildman–Crippen LogP) is 2.74. The van der Waals surface area contributed by atoms with Gasteiger partial charge in [0, 0.05) is 0 Å². The fourth-order valence-electron chi connectivity index (χ4n) is 1.05. The van der Waals surface area contributed by atoms with Crippen molar-refractivity contribution in [3.8, 4) is 0 Å². The van der Waals surface area contributed by atoms with Crippen LogP contribution in [-0.4, -0.2) is 4.98 Å². The number of aryl methyl sites for hydroxylation is 1. The molecule has 2 rings (SSSR count). The third-order valence-electron chi connectivity index (χ3n) is 1.63. The highest BCUT2D eigenvalue weighted by atomic mass is 32.1. The lowest BCUT2D eigenvalue weighted by Gasteiger charge is -1.93. The van der Waals surface area contributed by atoms with Gasteiger partial charge in [-0.15, -0.1) is 11.3 Å². The van der Waals surface area contributed by atoms with Crippen LogP contribution in [0.3, 0.4) is 0 Å². The van der Waals surface area contributed by atoms with E-state index >= 15 is 0 Å². The van der Waals surface area contributed by atoms with Crippen LogP contribution in [0.2, 0.25) is 0 Å². The van der Waals surface area contributed by atoms with E-state index in [1.807, 2.05) is 6.92 Å². The smallest absolute Gasteiger partial charge is 0.150 e. The van der Waals surface area contributed by atoms with Crippen molar-refractivity contribution in [2.75, 3.05) is 0 Å². The van der Waals surface area contributed by atoms with Gasteiger partial charge in [-0.2, -0.15) is 0 Å². The van der Waals surface area contributed by atoms with Crippen LogP contribution in [0.5, 0.6) is 0 Å². The molecule has 0 aliphatic carbocycles. The fraction of sp³-hybridized carbons (Fsp3) is 0.125. The maximum Gasteiger partial charge on any atom is 0.150 e. The number of thiazole rings is 1. The van der Waals surface area contributed by atoms with Crippen molar-refractivity contribution in [2.24, 2.45) is 0 Å². The molecule has 11 heavy (non-hydrogen) atoms. The van der Waals surface area contributed by atoms with E-state index in [1.54, 1.807) is 11.6 Å². The summed E-state index contributed by atoms with van der Waals surface area (Å²) in [5, 5.41) is 0. The monoisotopic (exact) mass is 167 g/mol. The SMILES string of the molecule is Cc1ccc(F)c2ncsc12. The third kappa shape index (κ3) is 0.922. The van der Waals surface area contributed by atoms with Crippen LogP contribution in [-0.2, 0) is 0 Å². The minimum Gasteiger partial charge on any atom is -0.242 e. The van der Waals surface area contributed by atoms with Crippen molar-refractivity contribution in [3.63, 3.8) is 0 Å². The molecule has 56 valence electrons. The molecule has 0 N–H and O–H groups in total. The topological polar surface area (TPSA) is 12.9 Å². The van der Waals surface area contributed by atoms with Gasteiger partial charge in [-0.3, -0.25) is 0 Å². The molecule has 0 aliphatic rings. The Morgan fingerprint density at radius 2 is 2.27 bits per heavy atom. The second-order valence-corrected chi connectivity index (χ2v) is 3.25. The minimum atomic E-state index is -0.230. The second kappa shape index (κ2) is 2.27. The van der Waals surface area contributed by atoms with Gasteiger partial charge in [0.15, 0.2) is 0 Å². The van der Waals surface area contributed by atoms with Crippen LogP contribution in [0.4, 0.5) is 4.39 Å². The van der Waals surface area contributed by atoms with Crippen LogP contribution in [0, 0.1) is 12.7 Å². The highest BCUT2D eigenvalue weighted by Gasteiger charge is 2.04. The number of nitrogens with zero attached hydrogens (tertiary/aromatic N) is 1. The molecule has 0 aliphatic heterocycles. The van der Waals surface area contributed by atoms with Crippen molar-refractivity contribution in [3.05, 3.63) is 29.0 Å². The van der Waals surface area contributed by atoms with Gasteiger partial charge in [0.25, 0.3) is 0 Å². The van der Waals surface area contributed by atoms with E-state index in [4.69, 9.17) is 0 Å². The Morgan fingerprint density at radius 1 is 1.45 bits per heavy atom. The maximum absolute atomic E-state index is 12.9. The zero-order valence-electron chi connectivity index (χ0n) is 5.97. The Bertz CT molecular complexity index is 358. The summed E-state index contributed by atoms with van der Waals surface area (Å²) in [6, 6.07) is 3.23. The van der Waals surface area contributed by atoms with Crippen molar-refractivity contribution < 1.29 is 4.39 Å². The molecule has 2 aromatic rings. The molecular formula is C8H6FNS. The molecule has 0 spiro atoms. The summed E-state index contributed by atoms with van der Waals surface area (Å²) in [6.07, 6.45) is 0. The molecule has 0 radical (unpaired) electrons. The van der Waals surface area contributed by atoms with Crippen molar-refractivity contribution in [1.29, 1.82) is 0 Å². The molecular weight excluding hydrogens is 161 g/mol. The Hall–Kier alpha value is -0.960. The molecule has 0 amide bonds. The number of fused-ring (bicyclic) bond motifs is 1. The van der Waals surface area contributed by atoms with Gasteiger partial charge >= 0.3 is 0 Å². The van der Waals surface area contributed by atoms with E-state index in [-0.39, 0.29) is 5.82 Å². The highest BCUT2D eigenvalue weighted by molar-refractivity contribution is 7.16. The Morgan fingerprint density at radius 3 is 3.00 bits per heavy atom. The first-order valence-electron chi connectivity index (χ1n) is 3.27. The summed E-state index contributed by atoms with van der Waals surface area (Å²) in [6.45, 7) is 1.96. The first kappa shape index (κ1) is 6.73. The summed E-state index contributed by atoms with van der Waals surface area (Å²) in [7, 11) is 0. The van der Waals surface area contributed by atoms with Crippen molar-refractivity contribution in [2.45, 2.75) is 6.92 Å². The van der Waals surface area contributed by atoms with E-state index in [9.17, 15) is 4.39 Å². The van der Waals surface area contributed by atoms with Gasteiger partial charge in [0.1, 0.15) is 11.3 Å². The number of hydrogen-bond donors (Lipinski definition) is 0. The molecule has 1 heterocycles. The standard InChI is InChI=1S/C8H6FNS/c1-5-2-3-6(9)7-8(5)11-4-10-7/h2-4H,1H3. The predicted molar refractivity (Wildman–Crippen MR) is 44.3 cm³/mol. The molecule has 0 saturated carbocycles. The first-order chi connectivity index (χ1) is 5.29. The summed E-state index contributed by atoms with van der Waals surface area (Å²) in [5.41, 5.74) is 3.25. The van der Waals surface area contributed by atoms with E-state index in [1.165, 1.54) is 17.4 Å². The molecule has 0 atom stereocenters. The lowest BCUT2D eigenvalue weighted by molar-refractivity contribution is 0.637. The maximum atomic E-state index is 12.9. The number of hydrogen-bond acceptors (Lipinski definition) is 2. The van der Waals surface area contributed by atoms with Gasteiger partial charge in [-0.1, -0.05) is 6.07 Å². The summed E-state index contributed by atoms with van der Waals surface area (Å²) < 4.78 is 13.9. The number of rotatable bonds is 0. The summed E-state index contributed by atoms with van der Waals surface area (Å²) in [4.78, 5) is 3.92. The van der Waals surface area contributed by atoms with E-state index in [0.717, 1.165) is 10.3 Å². The molecule has 1 nitrogen and oxygen atoms in total. The average Bonchev–Trinajstić information content (AvgIpc) is 2.45. The molecule has 1 aromatic heterocycles. The van der Waals surface area contributed by atoms with Gasteiger partial charge in [-0.05, 0) is 18.6 Å². The van der Waals surface area contributed by atoms with Gasteiger partial charge in [0.2, 0.25) is 0 Å². The zero-order chi connectivity index (χ0) is 7.84. The summed E-state index contributed by atoms with van der Waals surface area (Å²) in [5.74, 6) is -0.230. The molecule has 0 fully saturated rings. The number of aromatic nitrogens is 1. The van der Waals surface area contributed by atoms with Crippen molar-refractivity contribution in [1.82, 2.24) is 4.98 Å². The molecule has 3 heteroatoms. The molecule has 1 aromatic carbocycles. The lowest BCUT2D eigenvalue weighted by atomic mass is 10.2. The Balaban J connectivity index is 2.96. The quantitative estimate of drug-likeness (QED) is 0.588. The lowest BCUT2D eigenvalue weighted by Crippen LogP contribution is -1.78. The van der Waals surface area contributed by atoms with E-state index < -0.39 is 0 Å². The second-order valence-electron chi connectivity index (χ2n) is 2.39. The van der Waals surface area contributed by atoms with Crippen LogP contribution >= 0.6 is 11.3 Å². The van der Waals surface area contributed by atoms with Crippen molar-refractivity contribution >= 4 is 21.6 Å². The molecule has 0 saturated heterocycles. The van der Waals surface area contributed by atoms with Crippen LogP contribution < -0.4 is 0 Å². The van der Waals surface area contributed by atoms with E-state index in [2.05, 4.69) is 4.98 Å². The highest BCUT2D eigenvalue weighted by Crippen LogP contribution is 2.23. The zero-order valence-corrected chi connectivity index (χ0v) is 6.78. The van der Waals surface area contributed by atoms with Crippen LogP contribution in [0.1, 0.15) is 5.56 Å². The first-order valence-corrected chi connectivity index (χ1v) is 4.15. The third-order valence-corrected chi connectivity index (χ3v) is 2.59. The fourth-order valence-corrected chi connectivity index (χ4v) is 1.83. The largest absolute Gasteiger partial charge is 0.242 e. The summed E-state index contributed by atoms with van der Waals surface area (Å²) >= 11 is 1.48. The minimum absolute atomic E-state index is 0.230. The Labute approximate surface area is 67.5 Å². The van der Waals surface area contributed by atoms with Gasteiger partial charge in [-0.25, -0.2) is 9.37 Å². The number of halogens is 1. The van der Waals surface area contributed by atoms with E-state index in [0.29, 0.717) is 5.52 Å². The molecule has 0 bridgehead atoms. The average molecular weight is 167 g/mol. The Kier molecular flexibility index (Phi) is 1.39. The normalized spacial score (nSPS) is 10.7. The van der Waals surface area contributed by atoms with Gasteiger partial charge in [0.05, 0.1) is 10.2 Å². The van der Waals surface area contributed by atoms with Gasteiger partial charge < -0.3 is 0 Å². The van der Waals surface area contributed by atoms with Crippen LogP contribution in [0.15, 0.2) is 17.6 Å². The van der Waals surface area contributed by atoms with Crippen LogP contribution in [0.25, 0.3) is 10.2 Å². The molecule has 0 unspecified atom stereocenters. The number of benzene rings is 1.